The van der Waals surface area contributed by atoms with Gasteiger partial charge in [0.2, 0.25) is 5.96 Å². The smallest absolute Gasteiger partial charge is 0.221 e. The molecule has 0 amide bonds. The second-order valence-electron chi connectivity index (χ2n) is 3.50. The average Bonchev–Trinajstić information content (AvgIpc) is 2.23. The number of nitrogens with one attached hydrogen (secondary N) is 1. The van der Waals surface area contributed by atoms with Crippen molar-refractivity contribution in [2.75, 3.05) is 7.05 Å². The lowest BCUT2D eigenvalue weighted by Gasteiger charge is -2.17. The molecule has 0 saturated heterocycles. The molecule has 7 heteroatoms. The van der Waals surface area contributed by atoms with Gasteiger partial charge in [-0.15, -0.1) is 0 Å². The molecule has 1 aromatic rings. The SMILES string of the molecule is CN(Cc1cccc(O)c1O)C(=N)N=C(N)N. The highest BCUT2D eigenvalue weighted by Gasteiger charge is 2.10. The second kappa shape index (κ2) is 5.06. The molecule has 0 aromatic heterocycles. The van der Waals surface area contributed by atoms with Crippen LogP contribution < -0.4 is 11.5 Å². The van der Waals surface area contributed by atoms with Gasteiger partial charge in [0.1, 0.15) is 0 Å². The first-order valence-corrected chi connectivity index (χ1v) is 4.81. The van der Waals surface area contributed by atoms with E-state index in [1.165, 1.54) is 11.0 Å². The summed E-state index contributed by atoms with van der Waals surface area (Å²) in [6.45, 7) is 0.204. The Morgan fingerprint density at radius 2 is 2.06 bits per heavy atom. The van der Waals surface area contributed by atoms with Gasteiger partial charge in [0.15, 0.2) is 17.5 Å². The Morgan fingerprint density at radius 1 is 1.41 bits per heavy atom. The minimum atomic E-state index is -0.211. The highest BCUT2D eigenvalue weighted by atomic mass is 16.3. The maximum atomic E-state index is 9.58. The van der Waals surface area contributed by atoms with E-state index >= 15 is 0 Å². The van der Waals surface area contributed by atoms with Crippen LogP contribution >= 0.6 is 0 Å². The Kier molecular flexibility index (Phi) is 3.76. The van der Waals surface area contributed by atoms with Gasteiger partial charge in [0, 0.05) is 19.2 Å². The van der Waals surface area contributed by atoms with Crippen molar-refractivity contribution < 1.29 is 10.2 Å². The third-order valence-electron chi connectivity index (χ3n) is 2.10. The van der Waals surface area contributed by atoms with Crippen LogP contribution in [0.3, 0.4) is 0 Å². The van der Waals surface area contributed by atoms with E-state index in [9.17, 15) is 10.2 Å². The van der Waals surface area contributed by atoms with E-state index in [4.69, 9.17) is 16.9 Å². The molecule has 1 aromatic carbocycles. The molecule has 0 atom stereocenters. The van der Waals surface area contributed by atoms with Gasteiger partial charge in [-0.3, -0.25) is 5.41 Å². The lowest BCUT2D eigenvalue weighted by atomic mass is 10.2. The summed E-state index contributed by atoms with van der Waals surface area (Å²) in [6.07, 6.45) is 0. The zero-order chi connectivity index (χ0) is 13.0. The van der Waals surface area contributed by atoms with Crippen LogP contribution in [0.25, 0.3) is 0 Å². The molecule has 7 N–H and O–H groups in total. The molecule has 0 unspecified atom stereocenters. The Labute approximate surface area is 98.5 Å². The van der Waals surface area contributed by atoms with Crippen LogP contribution in [-0.2, 0) is 6.54 Å². The zero-order valence-electron chi connectivity index (χ0n) is 9.38. The predicted molar refractivity (Wildman–Crippen MR) is 64.8 cm³/mol. The molecule has 92 valence electrons. The fourth-order valence-corrected chi connectivity index (χ4v) is 1.24. The van der Waals surface area contributed by atoms with Crippen molar-refractivity contribution in [3.8, 4) is 11.5 Å². The van der Waals surface area contributed by atoms with E-state index < -0.39 is 0 Å². The normalized spacial score (nSPS) is 9.71. The minimum Gasteiger partial charge on any atom is -0.504 e. The van der Waals surface area contributed by atoms with Crippen LogP contribution in [0.1, 0.15) is 5.56 Å². The predicted octanol–water partition coefficient (Wildman–Crippen LogP) is -0.262. The van der Waals surface area contributed by atoms with Gasteiger partial charge in [0.05, 0.1) is 0 Å². The van der Waals surface area contributed by atoms with Crippen molar-refractivity contribution in [3.63, 3.8) is 0 Å². The van der Waals surface area contributed by atoms with E-state index in [0.29, 0.717) is 5.56 Å². The van der Waals surface area contributed by atoms with Crippen molar-refractivity contribution in [2.45, 2.75) is 6.54 Å². The average molecular weight is 237 g/mol. The number of para-hydroxylation sites is 1. The summed E-state index contributed by atoms with van der Waals surface area (Å²) in [5, 5.41) is 26.4. The molecule has 0 aliphatic rings. The maximum Gasteiger partial charge on any atom is 0.221 e. The van der Waals surface area contributed by atoms with Gasteiger partial charge in [-0.05, 0) is 6.07 Å². The van der Waals surface area contributed by atoms with Gasteiger partial charge in [-0.2, -0.15) is 4.99 Å². The third kappa shape index (κ3) is 3.26. The Bertz CT molecular complexity index is 454. The molecular weight excluding hydrogens is 222 g/mol. The number of aromatic hydroxyl groups is 2. The molecule has 0 aliphatic carbocycles. The fourth-order valence-electron chi connectivity index (χ4n) is 1.24. The van der Waals surface area contributed by atoms with Crippen LogP contribution in [0.15, 0.2) is 23.2 Å². The number of phenols is 2. The summed E-state index contributed by atoms with van der Waals surface area (Å²) in [7, 11) is 1.60. The molecule has 0 fully saturated rings. The zero-order valence-corrected chi connectivity index (χ0v) is 9.38. The lowest BCUT2D eigenvalue weighted by Crippen LogP contribution is -2.30. The van der Waals surface area contributed by atoms with Crippen LogP contribution in [0.5, 0.6) is 11.5 Å². The fraction of sp³-hybridized carbons (Fsp3) is 0.200. The lowest BCUT2D eigenvalue weighted by molar-refractivity contribution is 0.389. The van der Waals surface area contributed by atoms with E-state index in [1.54, 1.807) is 19.2 Å². The van der Waals surface area contributed by atoms with Crippen molar-refractivity contribution >= 4 is 11.9 Å². The van der Waals surface area contributed by atoms with Crippen LogP contribution in [0.4, 0.5) is 0 Å². The number of guanidine groups is 2. The molecule has 0 bridgehead atoms. The summed E-state index contributed by atoms with van der Waals surface area (Å²) in [4.78, 5) is 4.99. The minimum absolute atomic E-state index is 0.132. The summed E-state index contributed by atoms with van der Waals surface area (Å²) in [5.74, 6) is -0.754. The molecular formula is C10H15N5O2. The van der Waals surface area contributed by atoms with Gasteiger partial charge < -0.3 is 26.6 Å². The Morgan fingerprint density at radius 3 is 2.65 bits per heavy atom. The van der Waals surface area contributed by atoms with E-state index in [0.717, 1.165) is 0 Å². The Hall–Kier alpha value is -2.44. The highest BCUT2D eigenvalue weighted by Crippen LogP contribution is 2.28. The summed E-state index contributed by atoms with van der Waals surface area (Å²) in [5.41, 5.74) is 10.8. The molecule has 1 rings (SSSR count). The molecule has 0 radical (unpaired) electrons. The quantitative estimate of drug-likeness (QED) is 0.274. The molecule has 0 saturated carbocycles. The summed E-state index contributed by atoms with van der Waals surface area (Å²) < 4.78 is 0. The van der Waals surface area contributed by atoms with E-state index in [-0.39, 0.29) is 30.0 Å². The van der Waals surface area contributed by atoms with Gasteiger partial charge in [-0.25, -0.2) is 0 Å². The second-order valence-corrected chi connectivity index (χ2v) is 3.50. The first-order chi connectivity index (χ1) is 7.91. The largest absolute Gasteiger partial charge is 0.504 e. The maximum absolute atomic E-state index is 9.58. The number of hydrogen-bond acceptors (Lipinski definition) is 3. The summed E-state index contributed by atoms with van der Waals surface area (Å²) >= 11 is 0. The molecule has 0 aliphatic heterocycles. The van der Waals surface area contributed by atoms with Gasteiger partial charge in [-0.1, -0.05) is 12.1 Å². The van der Waals surface area contributed by atoms with Crippen molar-refractivity contribution in [1.82, 2.24) is 4.90 Å². The molecule has 0 spiro atoms. The van der Waals surface area contributed by atoms with E-state index in [1.807, 2.05) is 0 Å². The molecule has 7 nitrogen and oxygen atoms in total. The Balaban J connectivity index is 2.81. The van der Waals surface area contributed by atoms with E-state index in [2.05, 4.69) is 4.99 Å². The number of rotatable bonds is 2. The number of nitrogens with zero attached hydrogens (tertiary/aromatic N) is 2. The monoisotopic (exact) mass is 237 g/mol. The van der Waals surface area contributed by atoms with Crippen LogP contribution in [-0.4, -0.2) is 34.1 Å². The topological polar surface area (TPSA) is 132 Å². The van der Waals surface area contributed by atoms with Crippen molar-refractivity contribution in [3.05, 3.63) is 23.8 Å². The third-order valence-corrected chi connectivity index (χ3v) is 2.10. The molecule has 17 heavy (non-hydrogen) atoms. The van der Waals surface area contributed by atoms with Gasteiger partial charge >= 0.3 is 0 Å². The number of aliphatic imine (C=N–C) groups is 1. The number of hydrogen-bond donors (Lipinski definition) is 5. The number of phenolic OH excluding ortho intramolecular Hbond substituents is 2. The standard InChI is InChI=1S/C10H15N5O2/c1-15(10(13)14-9(11)12)5-6-3-2-4-7(16)8(6)17/h2-4,16-17H,5H2,1H3,(H5,11,12,13,14). The van der Waals surface area contributed by atoms with Crippen LogP contribution in [0, 0.1) is 5.41 Å². The van der Waals surface area contributed by atoms with Crippen molar-refractivity contribution in [1.29, 1.82) is 5.41 Å². The number of benzene rings is 1. The number of nitrogens with two attached hydrogens (primary N) is 2. The first kappa shape index (κ1) is 12.6. The van der Waals surface area contributed by atoms with Gasteiger partial charge in [0.25, 0.3) is 0 Å². The first-order valence-electron chi connectivity index (χ1n) is 4.81. The van der Waals surface area contributed by atoms with Crippen LogP contribution in [0.2, 0.25) is 0 Å². The summed E-state index contributed by atoms with van der Waals surface area (Å²) in [6, 6.07) is 4.61. The van der Waals surface area contributed by atoms with Crippen molar-refractivity contribution in [2.24, 2.45) is 16.5 Å². The highest BCUT2D eigenvalue weighted by molar-refractivity contribution is 5.91. The molecule has 0 heterocycles.